The summed E-state index contributed by atoms with van der Waals surface area (Å²) in [6.07, 6.45) is 1.51. The highest BCUT2D eigenvalue weighted by atomic mass is 16.7. The number of carbonyl (C=O) groups is 1. The fraction of sp³-hybridized carbons (Fsp3) is 0.176. The lowest BCUT2D eigenvalue weighted by Gasteiger charge is -2.11. The van der Waals surface area contributed by atoms with E-state index in [9.17, 15) is 4.79 Å². The number of ether oxygens (including phenoxy) is 5. The maximum absolute atomic E-state index is 12.6. The number of fused-ring (bicyclic) bond motifs is 1. The Hall–Kier alpha value is -5.64. The van der Waals surface area contributed by atoms with Crippen molar-refractivity contribution in [2.75, 3.05) is 13.9 Å². The van der Waals surface area contributed by atoms with Gasteiger partial charge in [0.05, 0.1) is 13.3 Å². The molecular weight excluding hydrogens is 562 g/mol. The second-order valence-corrected chi connectivity index (χ2v) is 10.1. The predicted octanol–water partition coefficient (Wildman–Crippen LogP) is 6.35. The van der Waals surface area contributed by atoms with E-state index in [1.54, 1.807) is 31.4 Å². The first-order valence-corrected chi connectivity index (χ1v) is 14.0. The molecule has 5 aromatic rings. The molecule has 3 aromatic carbocycles. The van der Waals surface area contributed by atoms with E-state index < -0.39 is 5.91 Å². The van der Waals surface area contributed by atoms with E-state index in [-0.39, 0.29) is 19.2 Å². The monoisotopic (exact) mass is 593 g/mol. The summed E-state index contributed by atoms with van der Waals surface area (Å²) in [6, 6.07) is 26.3. The van der Waals surface area contributed by atoms with Crippen LogP contribution >= 0.6 is 0 Å². The van der Waals surface area contributed by atoms with Crippen LogP contribution in [0.3, 0.4) is 0 Å². The molecule has 10 heteroatoms. The van der Waals surface area contributed by atoms with E-state index in [0.717, 1.165) is 17.0 Å². The van der Waals surface area contributed by atoms with Crippen LogP contribution in [0.5, 0.6) is 28.7 Å². The number of aromatic nitrogens is 1. The minimum Gasteiger partial charge on any atom is -0.493 e. The summed E-state index contributed by atoms with van der Waals surface area (Å²) in [5, 5.41) is 4.05. The predicted molar refractivity (Wildman–Crippen MR) is 163 cm³/mol. The van der Waals surface area contributed by atoms with E-state index in [4.69, 9.17) is 28.1 Å². The molecule has 0 unspecified atom stereocenters. The number of furan rings is 1. The highest BCUT2D eigenvalue weighted by Crippen LogP contribution is 2.34. The summed E-state index contributed by atoms with van der Waals surface area (Å²) < 4.78 is 35.9. The zero-order valence-electron chi connectivity index (χ0n) is 24.5. The largest absolute Gasteiger partial charge is 0.493 e. The quantitative estimate of drug-likeness (QED) is 0.141. The van der Waals surface area contributed by atoms with Crippen molar-refractivity contribution in [3.63, 3.8) is 0 Å². The van der Waals surface area contributed by atoms with Gasteiger partial charge in [-0.05, 0) is 104 Å². The number of benzene rings is 3. The Labute approximate surface area is 254 Å². The van der Waals surface area contributed by atoms with Crippen molar-refractivity contribution in [1.29, 1.82) is 0 Å². The third-order valence-electron chi connectivity index (χ3n) is 7.03. The van der Waals surface area contributed by atoms with Crippen molar-refractivity contribution < 1.29 is 32.9 Å². The Balaban J connectivity index is 0.995. The minimum absolute atomic E-state index is 0.125. The van der Waals surface area contributed by atoms with Gasteiger partial charge in [-0.15, -0.1) is 0 Å². The number of hydrogen-bond acceptors (Lipinski definition) is 8. The van der Waals surface area contributed by atoms with Gasteiger partial charge < -0.3 is 32.7 Å². The summed E-state index contributed by atoms with van der Waals surface area (Å²) in [4.78, 5) is 12.6. The Kier molecular flexibility index (Phi) is 8.22. The van der Waals surface area contributed by atoms with E-state index in [1.165, 1.54) is 17.6 Å². The lowest BCUT2D eigenvalue weighted by molar-refractivity contribution is 0.0923. The fourth-order valence-corrected chi connectivity index (χ4v) is 4.80. The lowest BCUT2D eigenvalue weighted by Crippen LogP contribution is -2.16. The molecule has 3 heterocycles. The molecule has 1 aliphatic rings. The van der Waals surface area contributed by atoms with Gasteiger partial charge in [0.2, 0.25) is 6.79 Å². The summed E-state index contributed by atoms with van der Waals surface area (Å²) >= 11 is 0. The smallest absolute Gasteiger partial charge is 0.307 e. The highest BCUT2D eigenvalue weighted by molar-refractivity contribution is 5.92. The van der Waals surface area contributed by atoms with Crippen molar-refractivity contribution in [2.45, 2.75) is 27.1 Å². The second kappa shape index (κ2) is 12.7. The first kappa shape index (κ1) is 28.5. The molecule has 44 heavy (non-hydrogen) atoms. The number of amides is 1. The molecule has 0 fully saturated rings. The standard InChI is InChI=1S/C34H31N3O7/c1-22-4-5-23(2)37(22)26-8-10-27(11-9-26)40-20-28-12-15-31(44-28)34(38)36-35-18-24-6-13-29(32(16-24)39-3)41-19-25-7-14-30-33(17-25)43-21-42-30/h4-18H,19-21H2,1-3H3,(H,36,38). The molecule has 2 aromatic heterocycles. The van der Waals surface area contributed by atoms with Gasteiger partial charge >= 0.3 is 5.91 Å². The molecule has 1 aliphatic heterocycles. The van der Waals surface area contributed by atoms with Crippen LogP contribution in [0.2, 0.25) is 0 Å². The summed E-state index contributed by atoms with van der Waals surface area (Å²) in [5.74, 6) is 3.37. The number of carbonyl (C=O) groups excluding carboxylic acids is 1. The van der Waals surface area contributed by atoms with Crippen LogP contribution in [0, 0.1) is 13.8 Å². The molecule has 1 N–H and O–H groups in total. The Bertz CT molecular complexity index is 1780. The van der Waals surface area contributed by atoms with Gasteiger partial charge in [0, 0.05) is 17.1 Å². The van der Waals surface area contributed by atoms with Gasteiger partial charge in [-0.1, -0.05) is 6.07 Å². The molecule has 0 saturated carbocycles. The zero-order chi connectivity index (χ0) is 30.5. The Morgan fingerprint density at radius 3 is 2.45 bits per heavy atom. The normalized spacial score (nSPS) is 12.0. The van der Waals surface area contributed by atoms with Crippen LogP contribution < -0.4 is 29.1 Å². The molecule has 224 valence electrons. The summed E-state index contributed by atoms with van der Waals surface area (Å²) in [7, 11) is 1.56. The maximum atomic E-state index is 12.6. The molecular formula is C34H31N3O7. The topological polar surface area (TPSA) is 106 Å². The Morgan fingerprint density at radius 2 is 1.66 bits per heavy atom. The first-order valence-electron chi connectivity index (χ1n) is 14.0. The molecule has 0 saturated heterocycles. The lowest BCUT2D eigenvalue weighted by atomic mass is 10.2. The molecule has 0 bridgehead atoms. The second-order valence-electron chi connectivity index (χ2n) is 10.1. The number of aryl methyl sites for hydroxylation is 2. The molecule has 0 atom stereocenters. The molecule has 0 aliphatic carbocycles. The number of hydrogen-bond donors (Lipinski definition) is 1. The Morgan fingerprint density at radius 1 is 0.864 bits per heavy atom. The molecule has 0 spiro atoms. The SMILES string of the molecule is COc1cc(C=NNC(=O)c2ccc(COc3ccc(-n4c(C)ccc4C)cc3)o2)ccc1OCc1ccc2c(c1)OCO2. The number of rotatable bonds is 11. The van der Waals surface area contributed by atoms with E-state index in [1.807, 2.05) is 48.5 Å². The van der Waals surface area contributed by atoms with Gasteiger partial charge in [0.15, 0.2) is 28.8 Å². The molecule has 6 rings (SSSR count). The van der Waals surface area contributed by atoms with Crippen LogP contribution in [-0.4, -0.2) is 30.6 Å². The van der Waals surface area contributed by atoms with Crippen LogP contribution in [0.15, 0.2) is 94.4 Å². The summed E-state index contributed by atoms with van der Waals surface area (Å²) in [6.45, 7) is 4.87. The average Bonchev–Trinajstić information content (AvgIpc) is 3.79. The van der Waals surface area contributed by atoms with Gasteiger partial charge in [-0.2, -0.15) is 5.10 Å². The average molecular weight is 594 g/mol. The molecule has 1 amide bonds. The number of nitrogens with one attached hydrogen (secondary N) is 1. The third kappa shape index (κ3) is 6.39. The van der Waals surface area contributed by atoms with E-state index >= 15 is 0 Å². The van der Waals surface area contributed by atoms with Gasteiger partial charge in [0.1, 0.15) is 24.7 Å². The fourth-order valence-electron chi connectivity index (χ4n) is 4.80. The van der Waals surface area contributed by atoms with Gasteiger partial charge in [-0.25, -0.2) is 5.43 Å². The van der Waals surface area contributed by atoms with Crippen LogP contribution in [-0.2, 0) is 13.2 Å². The van der Waals surface area contributed by atoms with Crippen molar-refractivity contribution in [3.05, 3.63) is 119 Å². The van der Waals surface area contributed by atoms with E-state index in [2.05, 4.69) is 41.1 Å². The van der Waals surface area contributed by atoms with Crippen molar-refractivity contribution in [3.8, 4) is 34.4 Å². The summed E-state index contributed by atoms with van der Waals surface area (Å²) in [5.41, 5.74) is 7.52. The third-order valence-corrected chi connectivity index (χ3v) is 7.03. The van der Waals surface area contributed by atoms with Crippen LogP contribution in [0.4, 0.5) is 0 Å². The van der Waals surface area contributed by atoms with Gasteiger partial charge in [0.25, 0.3) is 0 Å². The number of nitrogens with zero attached hydrogens (tertiary/aromatic N) is 2. The van der Waals surface area contributed by atoms with Crippen LogP contribution in [0.1, 0.15) is 38.8 Å². The molecule has 0 radical (unpaired) electrons. The molecule has 10 nitrogen and oxygen atoms in total. The minimum atomic E-state index is -0.482. The van der Waals surface area contributed by atoms with Crippen molar-refractivity contribution in [2.24, 2.45) is 5.10 Å². The van der Waals surface area contributed by atoms with Gasteiger partial charge in [-0.3, -0.25) is 4.79 Å². The zero-order valence-corrected chi connectivity index (χ0v) is 24.5. The van der Waals surface area contributed by atoms with Crippen molar-refractivity contribution in [1.82, 2.24) is 9.99 Å². The maximum Gasteiger partial charge on any atom is 0.307 e. The highest BCUT2D eigenvalue weighted by Gasteiger charge is 2.15. The van der Waals surface area contributed by atoms with E-state index in [0.29, 0.717) is 40.9 Å². The van der Waals surface area contributed by atoms with Crippen molar-refractivity contribution >= 4 is 12.1 Å². The van der Waals surface area contributed by atoms with Crippen LogP contribution in [0.25, 0.3) is 5.69 Å². The first-order chi connectivity index (χ1) is 21.5. The number of methoxy groups -OCH3 is 1. The number of hydrazone groups is 1.